The van der Waals surface area contributed by atoms with Gasteiger partial charge in [-0.15, -0.1) is 0 Å². The van der Waals surface area contributed by atoms with Crippen molar-refractivity contribution >= 4 is 27.5 Å². The standard InChI is InChI=1S/C26H24N4O4S/c27-26(28)19-6-3-5-18(15-19)22(23-8-4-14-34-23)16-25(31)30-20-12-10-17(11-13-20)21-7-1-2-9-24(21)35(29,32)33/h1-15,22H,16H2,(H3,27,28)(H,30,31)(H2,29,32,33). The Balaban J connectivity index is 1.54. The van der Waals surface area contributed by atoms with Gasteiger partial charge in [0.25, 0.3) is 0 Å². The minimum absolute atomic E-state index is 0.0332. The summed E-state index contributed by atoms with van der Waals surface area (Å²) in [5.74, 6) is -0.0445. The molecule has 0 aliphatic heterocycles. The summed E-state index contributed by atoms with van der Waals surface area (Å²) >= 11 is 0. The zero-order valence-electron chi connectivity index (χ0n) is 18.6. The third-order valence-electron chi connectivity index (χ3n) is 5.55. The molecule has 1 atom stereocenters. The monoisotopic (exact) mass is 488 g/mol. The number of furan rings is 1. The van der Waals surface area contributed by atoms with Crippen LogP contribution in [0.4, 0.5) is 5.69 Å². The second-order valence-electron chi connectivity index (χ2n) is 7.98. The molecule has 1 unspecified atom stereocenters. The Hall–Kier alpha value is -4.21. The van der Waals surface area contributed by atoms with E-state index in [9.17, 15) is 13.2 Å². The van der Waals surface area contributed by atoms with Gasteiger partial charge >= 0.3 is 0 Å². The molecule has 8 nitrogen and oxygen atoms in total. The zero-order chi connectivity index (χ0) is 25.0. The van der Waals surface area contributed by atoms with E-state index in [1.807, 2.05) is 6.07 Å². The predicted molar refractivity (Wildman–Crippen MR) is 135 cm³/mol. The van der Waals surface area contributed by atoms with Crippen molar-refractivity contribution < 1.29 is 17.6 Å². The average molecular weight is 489 g/mol. The Kier molecular flexibility index (Phi) is 6.81. The van der Waals surface area contributed by atoms with Gasteiger partial charge in [0.2, 0.25) is 15.9 Å². The number of anilines is 1. The van der Waals surface area contributed by atoms with Crippen LogP contribution in [-0.4, -0.2) is 20.2 Å². The van der Waals surface area contributed by atoms with Crippen molar-refractivity contribution in [3.05, 3.63) is 108 Å². The number of sulfonamides is 1. The summed E-state index contributed by atoms with van der Waals surface area (Å²) < 4.78 is 29.4. The second-order valence-corrected chi connectivity index (χ2v) is 9.51. The molecule has 1 aromatic heterocycles. The topological polar surface area (TPSA) is 152 Å². The maximum absolute atomic E-state index is 12.9. The van der Waals surface area contributed by atoms with Crippen molar-refractivity contribution in [1.82, 2.24) is 0 Å². The molecule has 0 fully saturated rings. The lowest BCUT2D eigenvalue weighted by atomic mass is 9.91. The molecule has 4 aromatic rings. The van der Waals surface area contributed by atoms with Gasteiger partial charge in [0.1, 0.15) is 11.6 Å². The van der Waals surface area contributed by atoms with E-state index in [2.05, 4.69) is 5.32 Å². The van der Waals surface area contributed by atoms with Gasteiger partial charge in [-0.1, -0.05) is 48.5 Å². The number of carbonyl (C=O) groups is 1. The average Bonchev–Trinajstić information content (AvgIpc) is 3.37. The number of amides is 1. The van der Waals surface area contributed by atoms with E-state index in [4.69, 9.17) is 20.7 Å². The smallest absolute Gasteiger partial charge is 0.238 e. The Bertz CT molecular complexity index is 1460. The third-order valence-corrected chi connectivity index (χ3v) is 6.52. The molecular formula is C26H24N4O4S. The van der Waals surface area contributed by atoms with E-state index in [-0.39, 0.29) is 29.0 Å². The highest BCUT2D eigenvalue weighted by Crippen LogP contribution is 2.31. The molecule has 6 N–H and O–H groups in total. The number of rotatable bonds is 8. The summed E-state index contributed by atoms with van der Waals surface area (Å²) in [6, 6.07) is 24.0. The van der Waals surface area contributed by atoms with Crippen LogP contribution in [-0.2, 0) is 14.8 Å². The van der Waals surface area contributed by atoms with Gasteiger partial charge in [-0.05, 0) is 47.5 Å². The van der Waals surface area contributed by atoms with Gasteiger partial charge in [0.15, 0.2) is 0 Å². The molecule has 0 aliphatic rings. The molecule has 0 spiro atoms. The van der Waals surface area contributed by atoms with E-state index in [0.29, 0.717) is 28.1 Å². The van der Waals surface area contributed by atoms with Gasteiger partial charge in [-0.25, -0.2) is 13.6 Å². The van der Waals surface area contributed by atoms with Crippen LogP contribution in [0, 0.1) is 5.41 Å². The molecule has 0 aliphatic carbocycles. The maximum Gasteiger partial charge on any atom is 0.238 e. The molecular weight excluding hydrogens is 464 g/mol. The first-order chi connectivity index (χ1) is 16.7. The number of nitrogens with one attached hydrogen (secondary N) is 2. The molecule has 0 saturated heterocycles. The summed E-state index contributed by atoms with van der Waals surface area (Å²) in [6.45, 7) is 0. The molecule has 35 heavy (non-hydrogen) atoms. The van der Waals surface area contributed by atoms with Crippen LogP contribution in [0.3, 0.4) is 0 Å². The largest absolute Gasteiger partial charge is 0.469 e. The third kappa shape index (κ3) is 5.65. The Morgan fingerprint density at radius 3 is 2.37 bits per heavy atom. The zero-order valence-corrected chi connectivity index (χ0v) is 19.5. The number of primary sulfonamides is 1. The van der Waals surface area contributed by atoms with Crippen molar-refractivity contribution in [2.24, 2.45) is 10.9 Å². The molecule has 4 rings (SSSR count). The van der Waals surface area contributed by atoms with Crippen LogP contribution in [0.25, 0.3) is 11.1 Å². The normalized spacial score (nSPS) is 12.1. The summed E-state index contributed by atoms with van der Waals surface area (Å²) in [5, 5.41) is 15.9. The Morgan fingerprint density at radius 1 is 0.971 bits per heavy atom. The molecule has 1 amide bonds. The predicted octanol–water partition coefficient (Wildman–Crippen LogP) is 4.04. The summed E-state index contributed by atoms with van der Waals surface area (Å²) in [6.07, 6.45) is 1.65. The lowest BCUT2D eigenvalue weighted by Gasteiger charge is -2.16. The number of hydrogen-bond acceptors (Lipinski definition) is 5. The van der Waals surface area contributed by atoms with Crippen LogP contribution in [0.1, 0.15) is 29.2 Å². The SMILES string of the molecule is N=C(N)c1cccc(C(CC(=O)Nc2ccc(-c3ccccc3S(N)(=O)=O)cc2)c2ccco2)c1. The molecule has 178 valence electrons. The van der Waals surface area contributed by atoms with Crippen LogP contribution in [0.15, 0.2) is 101 Å². The van der Waals surface area contributed by atoms with Gasteiger partial charge < -0.3 is 15.5 Å². The Labute approximate surface area is 203 Å². The van der Waals surface area contributed by atoms with Crippen molar-refractivity contribution in [3.8, 4) is 11.1 Å². The van der Waals surface area contributed by atoms with Gasteiger partial charge in [0, 0.05) is 23.2 Å². The van der Waals surface area contributed by atoms with Crippen molar-refractivity contribution in [3.63, 3.8) is 0 Å². The van der Waals surface area contributed by atoms with E-state index in [0.717, 1.165) is 5.56 Å². The van der Waals surface area contributed by atoms with Crippen LogP contribution < -0.4 is 16.2 Å². The van der Waals surface area contributed by atoms with Crippen molar-refractivity contribution in [1.29, 1.82) is 5.41 Å². The fraction of sp³-hybridized carbons (Fsp3) is 0.0769. The fourth-order valence-electron chi connectivity index (χ4n) is 3.88. The van der Waals surface area contributed by atoms with Gasteiger partial charge in [-0.3, -0.25) is 10.2 Å². The lowest BCUT2D eigenvalue weighted by Crippen LogP contribution is -2.17. The maximum atomic E-state index is 12.9. The van der Waals surface area contributed by atoms with Crippen LogP contribution in [0.2, 0.25) is 0 Å². The van der Waals surface area contributed by atoms with E-state index in [1.54, 1.807) is 79.1 Å². The molecule has 1 heterocycles. The van der Waals surface area contributed by atoms with E-state index in [1.165, 1.54) is 6.07 Å². The highest BCUT2D eigenvalue weighted by atomic mass is 32.2. The van der Waals surface area contributed by atoms with Crippen LogP contribution >= 0.6 is 0 Å². The Morgan fingerprint density at radius 2 is 1.71 bits per heavy atom. The number of nitrogen functional groups attached to an aromatic ring is 1. The fourth-order valence-corrected chi connectivity index (χ4v) is 4.64. The number of hydrogen-bond donors (Lipinski definition) is 4. The molecule has 3 aromatic carbocycles. The van der Waals surface area contributed by atoms with Gasteiger partial charge in [-0.2, -0.15) is 0 Å². The first-order valence-corrected chi connectivity index (χ1v) is 12.3. The van der Waals surface area contributed by atoms with E-state index < -0.39 is 10.0 Å². The first-order valence-electron chi connectivity index (χ1n) is 10.7. The van der Waals surface area contributed by atoms with Gasteiger partial charge in [0.05, 0.1) is 17.1 Å². The summed E-state index contributed by atoms with van der Waals surface area (Å²) in [5.41, 5.74) is 8.70. The summed E-state index contributed by atoms with van der Waals surface area (Å²) in [7, 11) is -3.88. The van der Waals surface area contributed by atoms with Crippen molar-refractivity contribution in [2.75, 3.05) is 5.32 Å². The van der Waals surface area contributed by atoms with E-state index >= 15 is 0 Å². The lowest BCUT2D eigenvalue weighted by molar-refractivity contribution is -0.116. The number of amidine groups is 1. The number of carbonyl (C=O) groups excluding carboxylic acids is 1. The summed E-state index contributed by atoms with van der Waals surface area (Å²) in [4.78, 5) is 13.0. The quantitative estimate of drug-likeness (QED) is 0.218. The molecule has 0 saturated carbocycles. The minimum Gasteiger partial charge on any atom is -0.469 e. The molecule has 0 bridgehead atoms. The minimum atomic E-state index is -3.88. The highest BCUT2D eigenvalue weighted by molar-refractivity contribution is 7.89. The molecule has 0 radical (unpaired) electrons. The van der Waals surface area contributed by atoms with Crippen molar-refractivity contribution in [2.45, 2.75) is 17.2 Å². The second kappa shape index (κ2) is 9.96. The van der Waals surface area contributed by atoms with Crippen LogP contribution in [0.5, 0.6) is 0 Å². The highest BCUT2D eigenvalue weighted by Gasteiger charge is 2.22. The number of benzene rings is 3. The first kappa shape index (κ1) is 23.9. The molecule has 9 heteroatoms. The number of nitrogens with two attached hydrogens (primary N) is 2.